The average molecular weight is 322 g/mol. The average Bonchev–Trinajstić information content (AvgIpc) is 2.48. The summed E-state index contributed by atoms with van der Waals surface area (Å²) in [7, 11) is 0. The monoisotopic (exact) mass is 322 g/mol. The van der Waals surface area contributed by atoms with Crippen LogP contribution >= 0.6 is 0 Å². The summed E-state index contributed by atoms with van der Waals surface area (Å²) in [4.78, 5) is 22.1. The van der Waals surface area contributed by atoms with Crippen LogP contribution in [0.25, 0.3) is 0 Å². The smallest absolute Gasteiger partial charge is 0.274 e. The molecule has 8 heteroatoms. The van der Waals surface area contributed by atoms with Crippen molar-refractivity contribution in [1.29, 1.82) is 0 Å². The molecule has 0 bridgehead atoms. The molecule has 0 fully saturated rings. The molecule has 2 aromatic rings. The van der Waals surface area contributed by atoms with E-state index in [2.05, 4.69) is 5.32 Å². The van der Waals surface area contributed by atoms with Gasteiger partial charge < -0.3 is 10.1 Å². The van der Waals surface area contributed by atoms with Crippen LogP contribution in [0.15, 0.2) is 36.4 Å². The second-order valence-corrected chi connectivity index (χ2v) is 4.62. The fraction of sp³-hybridized carbons (Fsp3) is 0.133. The van der Waals surface area contributed by atoms with Crippen LogP contribution in [0, 0.1) is 28.7 Å². The number of nitro groups is 1. The lowest BCUT2D eigenvalue weighted by Crippen LogP contribution is -2.21. The Morgan fingerprint density at radius 2 is 2.04 bits per heavy atom. The summed E-state index contributed by atoms with van der Waals surface area (Å²) in [6, 6.07) is 6.95. The van der Waals surface area contributed by atoms with Crippen molar-refractivity contribution in [2.24, 2.45) is 0 Å². The van der Waals surface area contributed by atoms with E-state index in [4.69, 9.17) is 4.74 Å². The summed E-state index contributed by atoms with van der Waals surface area (Å²) in [5, 5.41) is 13.3. The third-order valence-electron chi connectivity index (χ3n) is 3.03. The minimum absolute atomic E-state index is 0.131. The number of amides is 1. The second kappa shape index (κ2) is 6.82. The molecule has 120 valence electrons. The molecule has 0 saturated carbocycles. The Hall–Kier alpha value is -3.03. The number of nitro benzene ring substituents is 1. The minimum Gasteiger partial charge on any atom is -0.481 e. The molecule has 0 unspecified atom stereocenters. The van der Waals surface area contributed by atoms with Gasteiger partial charge >= 0.3 is 0 Å². The number of hydrogen-bond donors (Lipinski definition) is 1. The summed E-state index contributed by atoms with van der Waals surface area (Å²) in [5.41, 5.74) is 0.416. The summed E-state index contributed by atoms with van der Waals surface area (Å²) < 4.78 is 31.1. The highest BCUT2D eigenvalue weighted by Gasteiger charge is 2.15. The maximum Gasteiger partial charge on any atom is 0.274 e. The SMILES string of the molecule is Cc1c(NC(=O)COc2ccc(F)cc2F)cccc1[N+](=O)[O-]. The predicted molar refractivity (Wildman–Crippen MR) is 78.3 cm³/mol. The van der Waals surface area contributed by atoms with Crippen LogP contribution < -0.4 is 10.1 Å². The van der Waals surface area contributed by atoms with Crippen LogP contribution in [0.5, 0.6) is 5.75 Å². The van der Waals surface area contributed by atoms with E-state index >= 15 is 0 Å². The number of carbonyl (C=O) groups is 1. The third-order valence-corrected chi connectivity index (χ3v) is 3.03. The second-order valence-electron chi connectivity index (χ2n) is 4.62. The molecule has 0 aliphatic heterocycles. The lowest BCUT2D eigenvalue weighted by atomic mass is 10.1. The van der Waals surface area contributed by atoms with Gasteiger partial charge in [-0.1, -0.05) is 6.07 Å². The van der Waals surface area contributed by atoms with Crippen molar-refractivity contribution in [2.45, 2.75) is 6.92 Å². The highest BCUT2D eigenvalue weighted by Crippen LogP contribution is 2.25. The molecule has 0 aromatic heterocycles. The first-order chi connectivity index (χ1) is 10.9. The first-order valence-corrected chi connectivity index (χ1v) is 6.50. The van der Waals surface area contributed by atoms with Gasteiger partial charge in [0.1, 0.15) is 5.82 Å². The number of rotatable bonds is 5. The van der Waals surface area contributed by atoms with E-state index in [1.165, 1.54) is 25.1 Å². The lowest BCUT2D eigenvalue weighted by Gasteiger charge is -2.10. The molecule has 1 amide bonds. The minimum atomic E-state index is -0.927. The molecule has 0 atom stereocenters. The number of hydrogen-bond acceptors (Lipinski definition) is 4. The Kier molecular flexibility index (Phi) is 4.85. The molecule has 23 heavy (non-hydrogen) atoms. The Morgan fingerprint density at radius 1 is 1.30 bits per heavy atom. The molecule has 2 rings (SSSR count). The Morgan fingerprint density at radius 3 is 2.70 bits per heavy atom. The fourth-order valence-electron chi connectivity index (χ4n) is 1.88. The van der Waals surface area contributed by atoms with E-state index in [1.54, 1.807) is 0 Å². The molecule has 1 N–H and O–H groups in total. The van der Waals surface area contributed by atoms with Gasteiger partial charge in [0.25, 0.3) is 11.6 Å². The number of ether oxygens (including phenoxy) is 1. The summed E-state index contributed by atoms with van der Waals surface area (Å²) in [5.74, 6) is -2.58. The van der Waals surface area contributed by atoms with E-state index in [9.17, 15) is 23.7 Å². The maximum absolute atomic E-state index is 13.4. The van der Waals surface area contributed by atoms with Crippen molar-refractivity contribution < 1.29 is 23.2 Å². The largest absolute Gasteiger partial charge is 0.481 e. The Bertz CT molecular complexity index is 765. The number of carbonyl (C=O) groups excluding carboxylic acids is 1. The Balaban J connectivity index is 2.03. The van der Waals surface area contributed by atoms with Gasteiger partial charge in [0.15, 0.2) is 18.2 Å². The van der Waals surface area contributed by atoms with Crippen LogP contribution in [0.1, 0.15) is 5.56 Å². The number of anilines is 1. The maximum atomic E-state index is 13.4. The van der Waals surface area contributed by atoms with Crippen molar-refractivity contribution in [3.8, 4) is 5.75 Å². The van der Waals surface area contributed by atoms with Crippen molar-refractivity contribution in [1.82, 2.24) is 0 Å². The first-order valence-electron chi connectivity index (χ1n) is 6.50. The predicted octanol–water partition coefficient (Wildman–Crippen LogP) is 3.20. The zero-order valence-corrected chi connectivity index (χ0v) is 12.0. The number of benzene rings is 2. The van der Waals surface area contributed by atoms with Gasteiger partial charge in [-0.15, -0.1) is 0 Å². The Labute approximate surface area is 129 Å². The van der Waals surface area contributed by atoms with Gasteiger partial charge in [-0.25, -0.2) is 8.78 Å². The zero-order chi connectivity index (χ0) is 17.0. The van der Waals surface area contributed by atoms with Crippen LogP contribution in [0.2, 0.25) is 0 Å². The molecular formula is C15H12F2N2O4. The van der Waals surface area contributed by atoms with Gasteiger partial charge in [0.2, 0.25) is 0 Å². The zero-order valence-electron chi connectivity index (χ0n) is 12.0. The molecule has 0 radical (unpaired) electrons. The molecule has 0 aliphatic carbocycles. The van der Waals surface area contributed by atoms with Crippen LogP contribution in [0.3, 0.4) is 0 Å². The quantitative estimate of drug-likeness (QED) is 0.677. The molecule has 0 heterocycles. The molecule has 0 aliphatic rings. The highest BCUT2D eigenvalue weighted by atomic mass is 19.1. The molecule has 0 spiro atoms. The van der Waals surface area contributed by atoms with Gasteiger partial charge in [-0.2, -0.15) is 0 Å². The fourth-order valence-corrected chi connectivity index (χ4v) is 1.88. The summed E-state index contributed by atoms with van der Waals surface area (Å²) >= 11 is 0. The van der Waals surface area contributed by atoms with E-state index in [-0.39, 0.29) is 17.1 Å². The number of nitrogens with zero attached hydrogens (tertiary/aromatic N) is 1. The molecule has 6 nitrogen and oxygen atoms in total. The van der Waals surface area contributed by atoms with Crippen LogP contribution in [0.4, 0.5) is 20.2 Å². The van der Waals surface area contributed by atoms with E-state index in [0.29, 0.717) is 11.6 Å². The van der Waals surface area contributed by atoms with Crippen molar-refractivity contribution in [3.63, 3.8) is 0 Å². The van der Waals surface area contributed by atoms with Gasteiger partial charge in [0.05, 0.1) is 16.2 Å². The van der Waals surface area contributed by atoms with Crippen molar-refractivity contribution in [3.05, 3.63) is 63.7 Å². The molecule has 2 aromatic carbocycles. The summed E-state index contributed by atoms with van der Waals surface area (Å²) in [6.07, 6.45) is 0. The van der Waals surface area contributed by atoms with Crippen LogP contribution in [-0.2, 0) is 4.79 Å². The van der Waals surface area contributed by atoms with Gasteiger partial charge in [-0.3, -0.25) is 14.9 Å². The number of halogens is 2. The normalized spacial score (nSPS) is 10.2. The van der Waals surface area contributed by atoms with Gasteiger partial charge in [-0.05, 0) is 25.1 Å². The summed E-state index contributed by atoms with van der Waals surface area (Å²) in [6.45, 7) is 0.971. The van der Waals surface area contributed by atoms with E-state index < -0.39 is 29.1 Å². The first kappa shape index (κ1) is 16.3. The highest BCUT2D eigenvalue weighted by molar-refractivity contribution is 5.93. The van der Waals surface area contributed by atoms with E-state index in [0.717, 1.165) is 12.1 Å². The van der Waals surface area contributed by atoms with E-state index in [1.807, 2.05) is 0 Å². The van der Waals surface area contributed by atoms with Crippen LogP contribution in [-0.4, -0.2) is 17.4 Å². The van der Waals surface area contributed by atoms with Crippen molar-refractivity contribution >= 4 is 17.3 Å². The lowest BCUT2D eigenvalue weighted by molar-refractivity contribution is -0.385. The third kappa shape index (κ3) is 4.00. The number of nitrogens with one attached hydrogen (secondary N) is 1. The topological polar surface area (TPSA) is 81.5 Å². The van der Waals surface area contributed by atoms with Gasteiger partial charge in [0, 0.05) is 12.1 Å². The molecular weight excluding hydrogens is 310 g/mol. The van der Waals surface area contributed by atoms with Crippen molar-refractivity contribution in [2.75, 3.05) is 11.9 Å². The molecule has 0 saturated heterocycles. The standard InChI is InChI=1S/C15H12F2N2O4/c1-9-12(3-2-4-13(9)19(21)22)18-15(20)8-23-14-6-5-10(16)7-11(14)17/h2-7H,8H2,1H3,(H,18,20).